The van der Waals surface area contributed by atoms with Crippen LogP contribution >= 0.6 is 0 Å². The molecule has 5 nitrogen and oxygen atoms in total. The molecule has 21 heavy (non-hydrogen) atoms. The maximum absolute atomic E-state index is 12.3. The zero-order chi connectivity index (χ0) is 15.6. The van der Waals surface area contributed by atoms with E-state index in [-0.39, 0.29) is 17.7 Å². The SMILES string of the molecule is CC(C)N=C1NC(=O)C(C)(c2cccc(OC(F)F)c2)N1. The topological polar surface area (TPSA) is 62.7 Å². The van der Waals surface area contributed by atoms with Crippen molar-refractivity contribution < 1.29 is 18.3 Å². The van der Waals surface area contributed by atoms with Crippen LogP contribution in [-0.4, -0.2) is 24.5 Å². The number of nitrogens with one attached hydrogen (secondary N) is 2. The van der Waals surface area contributed by atoms with E-state index in [2.05, 4.69) is 20.4 Å². The fourth-order valence-corrected chi connectivity index (χ4v) is 2.07. The van der Waals surface area contributed by atoms with E-state index in [0.717, 1.165) is 0 Å². The second-order valence-corrected chi connectivity index (χ2v) is 5.18. The Balaban J connectivity index is 2.30. The third-order valence-electron chi connectivity index (χ3n) is 3.08. The molecule has 1 saturated heterocycles. The van der Waals surface area contributed by atoms with Crippen LogP contribution in [0, 0.1) is 0 Å². The Morgan fingerprint density at radius 3 is 2.67 bits per heavy atom. The predicted octanol–water partition coefficient (Wildman–Crippen LogP) is 1.99. The van der Waals surface area contributed by atoms with Gasteiger partial charge in [-0.05, 0) is 38.5 Å². The number of rotatable bonds is 4. The van der Waals surface area contributed by atoms with Crippen LogP contribution in [0.15, 0.2) is 29.3 Å². The van der Waals surface area contributed by atoms with Crippen LogP contribution in [0.3, 0.4) is 0 Å². The van der Waals surface area contributed by atoms with E-state index in [1.807, 2.05) is 13.8 Å². The van der Waals surface area contributed by atoms with Crippen LogP contribution in [0.2, 0.25) is 0 Å². The van der Waals surface area contributed by atoms with E-state index < -0.39 is 12.2 Å². The number of halogens is 2. The van der Waals surface area contributed by atoms with E-state index in [1.165, 1.54) is 12.1 Å². The lowest BCUT2D eigenvalue weighted by Crippen LogP contribution is -2.40. The molecule has 1 unspecified atom stereocenters. The Hall–Kier alpha value is -2.18. The molecule has 0 bridgehead atoms. The normalized spacial score (nSPS) is 23.6. The molecular weight excluding hydrogens is 280 g/mol. The Morgan fingerprint density at radius 2 is 2.05 bits per heavy atom. The van der Waals surface area contributed by atoms with Crippen LogP contribution in [0.25, 0.3) is 0 Å². The lowest BCUT2D eigenvalue weighted by molar-refractivity contribution is -0.123. The van der Waals surface area contributed by atoms with Gasteiger partial charge in [-0.2, -0.15) is 8.78 Å². The fourth-order valence-electron chi connectivity index (χ4n) is 2.07. The molecule has 1 aliphatic rings. The molecule has 2 rings (SSSR count). The summed E-state index contributed by atoms with van der Waals surface area (Å²) in [4.78, 5) is 16.4. The average molecular weight is 297 g/mol. The van der Waals surface area contributed by atoms with Gasteiger partial charge in [-0.25, -0.2) is 0 Å². The fraction of sp³-hybridized carbons (Fsp3) is 0.429. The lowest BCUT2D eigenvalue weighted by Gasteiger charge is -2.22. The molecule has 1 aliphatic heterocycles. The first-order chi connectivity index (χ1) is 9.81. The van der Waals surface area contributed by atoms with Crippen LogP contribution in [0.4, 0.5) is 8.78 Å². The zero-order valence-electron chi connectivity index (χ0n) is 12.0. The molecule has 7 heteroatoms. The second kappa shape index (κ2) is 5.67. The molecule has 1 fully saturated rings. The summed E-state index contributed by atoms with van der Waals surface area (Å²) in [5.41, 5.74) is -0.554. The lowest BCUT2D eigenvalue weighted by atomic mass is 9.92. The quantitative estimate of drug-likeness (QED) is 0.893. The minimum absolute atomic E-state index is 0.00701. The highest BCUT2D eigenvalue weighted by Crippen LogP contribution is 2.28. The van der Waals surface area contributed by atoms with Crippen molar-refractivity contribution >= 4 is 11.9 Å². The first-order valence-electron chi connectivity index (χ1n) is 6.54. The van der Waals surface area contributed by atoms with Gasteiger partial charge in [-0.15, -0.1) is 0 Å². The van der Waals surface area contributed by atoms with Crippen molar-refractivity contribution in [2.45, 2.75) is 39.0 Å². The van der Waals surface area contributed by atoms with Gasteiger partial charge < -0.3 is 10.1 Å². The highest BCUT2D eigenvalue weighted by molar-refractivity contribution is 6.09. The van der Waals surface area contributed by atoms with Crippen molar-refractivity contribution in [3.05, 3.63) is 29.8 Å². The van der Waals surface area contributed by atoms with Crippen molar-refractivity contribution in [1.82, 2.24) is 10.6 Å². The molecule has 0 aliphatic carbocycles. The summed E-state index contributed by atoms with van der Waals surface area (Å²) >= 11 is 0. The minimum Gasteiger partial charge on any atom is -0.435 e. The van der Waals surface area contributed by atoms with Gasteiger partial charge in [0, 0.05) is 6.04 Å². The Bertz CT molecular complexity index is 575. The maximum atomic E-state index is 12.3. The molecule has 114 valence electrons. The highest BCUT2D eigenvalue weighted by Gasteiger charge is 2.42. The van der Waals surface area contributed by atoms with E-state index in [1.54, 1.807) is 19.1 Å². The highest BCUT2D eigenvalue weighted by atomic mass is 19.3. The van der Waals surface area contributed by atoms with Crippen LogP contribution < -0.4 is 15.4 Å². The van der Waals surface area contributed by atoms with E-state index in [9.17, 15) is 13.6 Å². The molecular formula is C14H17F2N3O2. The van der Waals surface area contributed by atoms with Gasteiger partial charge in [-0.3, -0.25) is 15.1 Å². The Morgan fingerprint density at radius 1 is 1.33 bits per heavy atom. The Kier molecular flexibility index (Phi) is 4.11. The molecule has 1 aromatic rings. The summed E-state index contributed by atoms with van der Waals surface area (Å²) in [5.74, 6) is 0.0846. The predicted molar refractivity (Wildman–Crippen MR) is 74.3 cm³/mol. The van der Waals surface area contributed by atoms with Gasteiger partial charge in [-0.1, -0.05) is 12.1 Å². The third kappa shape index (κ3) is 3.29. The van der Waals surface area contributed by atoms with Crippen molar-refractivity contribution in [2.75, 3.05) is 0 Å². The van der Waals surface area contributed by atoms with Crippen LogP contribution in [-0.2, 0) is 10.3 Å². The maximum Gasteiger partial charge on any atom is 0.387 e. The van der Waals surface area contributed by atoms with Crippen LogP contribution in [0.1, 0.15) is 26.3 Å². The molecule has 1 amide bonds. The molecule has 2 N–H and O–H groups in total. The summed E-state index contributed by atoms with van der Waals surface area (Å²) in [6, 6.07) is 6.07. The number of alkyl halides is 2. The molecule has 1 aromatic carbocycles. The number of amides is 1. The number of ether oxygens (including phenoxy) is 1. The Labute approximate surface area is 121 Å². The van der Waals surface area contributed by atoms with Gasteiger partial charge in [0.05, 0.1) is 0 Å². The minimum atomic E-state index is -2.91. The molecule has 0 radical (unpaired) electrons. The van der Waals surface area contributed by atoms with Gasteiger partial charge in [0.25, 0.3) is 5.91 Å². The number of guanidine groups is 1. The van der Waals surface area contributed by atoms with Gasteiger partial charge >= 0.3 is 6.61 Å². The van der Waals surface area contributed by atoms with Crippen molar-refractivity contribution in [3.8, 4) is 5.75 Å². The van der Waals surface area contributed by atoms with E-state index in [4.69, 9.17) is 0 Å². The summed E-state index contributed by atoms with van der Waals surface area (Å²) in [7, 11) is 0. The monoisotopic (exact) mass is 297 g/mol. The average Bonchev–Trinajstić information content (AvgIpc) is 2.64. The largest absolute Gasteiger partial charge is 0.435 e. The first-order valence-corrected chi connectivity index (χ1v) is 6.54. The number of hydrogen-bond donors (Lipinski definition) is 2. The van der Waals surface area contributed by atoms with Crippen molar-refractivity contribution in [3.63, 3.8) is 0 Å². The summed E-state index contributed by atoms with van der Waals surface area (Å²) in [6.45, 7) is 2.52. The standard InChI is InChI=1S/C14H17F2N3O2/c1-8(2)17-13-18-11(20)14(3,19-13)9-5-4-6-10(7-9)21-12(15)16/h4-8,12H,1-3H3,(H2,17,18,19,20). The first kappa shape index (κ1) is 15.2. The van der Waals surface area contributed by atoms with E-state index >= 15 is 0 Å². The second-order valence-electron chi connectivity index (χ2n) is 5.18. The zero-order valence-corrected chi connectivity index (χ0v) is 12.0. The van der Waals surface area contributed by atoms with Crippen molar-refractivity contribution in [2.24, 2.45) is 4.99 Å². The van der Waals surface area contributed by atoms with E-state index in [0.29, 0.717) is 11.5 Å². The number of aliphatic imine (C=N–C) groups is 1. The van der Waals surface area contributed by atoms with Gasteiger partial charge in [0.2, 0.25) is 0 Å². The molecule has 0 saturated carbocycles. The third-order valence-corrected chi connectivity index (χ3v) is 3.08. The number of hydrogen-bond acceptors (Lipinski definition) is 3. The van der Waals surface area contributed by atoms with Gasteiger partial charge in [0.15, 0.2) is 5.96 Å². The molecule has 1 heterocycles. The van der Waals surface area contributed by atoms with Crippen LogP contribution in [0.5, 0.6) is 5.75 Å². The number of carbonyl (C=O) groups excluding carboxylic acids is 1. The summed E-state index contributed by atoms with van der Waals surface area (Å²) < 4.78 is 28.9. The number of nitrogens with zero attached hydrogens (tertiary/aromatic N) is 1. The number of carbonyl (C=O) groups is 1. The molecule has 1 atom stereocenters. The smallest absolute Gasteiger partial charge is 0.387 e. The van der Waals surface area contributed by atoms with Crippen molar-refractivity contribution in [1.29, 1.82) is 0 Å². The number of benzene rings is 1. The van der Waals surface area contributed by atoms with Gasteiger partial charge in [0.1, 0.15) is 11.3 Å². The summed E-state index contributed by atoms with van der Waals surface area (Å²) in [6.07, 6.45) is 0. The molecule has 0 aromatic heterocycles. The molecule has 0 spiro atoms. The summed E-state index contributed by atoms with van der Waals surface area (Å²) in [5, 5.41) is 5.64.